The number of benzene rings is 1. The van der Waals surface area contributed by atoms with Gasteiger partial charge in [0.2, 0.25) is 0 Å². The Balaban J connectivity index is 2.20. The molecule has 2 nitrogen and oxygen atoms in total. The Morgan fingerprint density at radius 2 is 1.90 bits per heavy atom. The summed E-state index contributed by atoms with van der Waals surface area (Å²) >= 11 is 0. The Kier molecular flexibility index (Phi) is 3.80. The van der Waals surface area contributed by atoms with E-state index >= 15 is 0 Å². The fraction of sp³-hybridized carbons (Fsp3) is 0.533. The lowest BCUT2D eigenvalue weighted by atomic mass is 9.90. The van der Waals surface area contributed by atoms with Crippen LogP contribution in [0, 0.1) is 5.92 Å². The molecule has 1 aromatic carbocycles. The first-order chi connectivity index (χ1) is 9.35. The van der Waals surface area contributed by atoms with Crippen LogP contribution < -0.4 is 0 Å². The van der Waals surface area contributed by atoms with E-state index in [1.165, 1.54) is 12.1 Å². The van der Waals surface area contributed by atoms with Gasteiger partial charge in [-0.2, -0.15) is 13.2 Å². The maximum absolute atomic E-state index is 12.5. The van der Waals surface area contributed by atoms with Gasteiger partial charge in [0.1, 0.15) is 0 Å². The number of hydrogen-bond donors (Lipinski definition) is 0. The van der Waals surface area contributed by atoms with Crippen LogP contribution in [0.2, 0.25) is 0 Å². The maximum atomic E-state index is 12.5. The van der Waals surface area contributed by atoms with Gasteiger partial charge in [-0.25, -0.2) is 0 Å². The van der Waals surface area contributed by atoms with Gasteiger partial charge in [-0.3, -0.25) is 4.79 Å². The average molecular weight is 286 g/mol. The second kappa shape index (κ2) is 5.11. The molecule has 2 rings (SSSR count). The van der Waals surface area contributed by atoms with E-state index in [1.807, 2.05) is 6.92 Å². The van der Waals surface area contributed by atoms with Crippen molar-refractivity contribution in [2.75, 3.05) is 6.61 Å². The summed E-state index contributed by atoms with van der Waals surface area (Å²) in [5.41, 5.74) is -0.233. The van der Waals surface area contributed by atoms with Crippen LogP contribution in [-0.4, -0.2) is 12.6 Å². The highest BCUT2D eigenvalue weighted by atomic mass is 19.4. The molecule has 5 heteroatoms. The number of halogens is 3. The highest BCUT2D eigenvalue weighted by Crippen LogP contribution is 2.57. The van der Waals surface area contributed by atoms with E-state index < -0.39 is 11.7 Å². The predicted molar refractivity (Wildman–Crippen MR) is 68.2 cm³/mol. The van der Waals surface area contributed by atoms with Crippen LogP contribution in [0.3, 0.4) is 0 Å². The van der Waals surface area contributed by atoms with E-state index in [2.05, 4.69) is 0 Å². The molecule has 0 bridgehead atoms. The van der Waals surface area contributed by atoms with Crippen molar-refractivity contribution >= 4 is 5.97 Å². The number of carbonyl (C=O) groups excluding carboxylic acids is 1. The van der Waals surface area contributed by atoms with E-state index in [9.17, 15) is 18.0 Å². The van der Waals surface area contributed by atoms with Crippen LogP contribution in [-0.2, 0) is 21.1 Å². The van der Waals surface area contributed by atoms with Crippen molar-refractivity contribution in [2.24, 2.45) is 5.92 Å². The smallest absolute Gasteiger partial charge is 0.416 e. The molecule has 0 aliphatic heterocycles. The van der Waals surface area contributed by atoms with Crippen LogP contribution in [0.5, 0.6) is 0 Å². The van der Waals surface area contributed by atoms with Crippen molar-refractivity contribution in [2.45, 2.75) is 38.3 Å². The summed E-state index contributed by atoms with van der Waals surface area (Å²) < 4.78 is 42.6. The van der Waals surface area contributed by atoms with Gasteiger partial charge in [0.15, 0.2) is 0 Å². The zero-order valence-corrected chi connectivity index (χ0v) is 11.5. The first kappa shape index (κ1) is 14.9. The third-order valence-electron chi connectivity index (χ3n) is 4.06. The molecule has 1 aliphatic rings. The number of hydrogen-bond acceptors (Lipinski definition) is 2. The number of carbonyl (C=O) groups is 1. The van der Waals surface area contributed by atoms with Crippen LogP contribution >= 0.6 is 0 Å². The summed E-state index contributed by atoms with van der Waals surface area (Å²) in [6.45, 7) is 4.01. The third-order valence-corrected chi connectivity index (χ3v) is 4.06. The minimum Gasteiger partial charge on any atom is -0.466 e. The molecule has 0 aromatic heterocycles. The van der Waals surface area contributed by atoms with Gasteiger partial charge in [-0.1, -0.05) is 19.1 Å². The van der Waals surface area contributed by atoms with Gasteiger partial charge < -0.3 is 4.74 Å². The second-order valence-electron chi connectivity index (χ2n) is 5.09. The third kappa shape index (κ3) is 2.53. The van der Waals surface area contributed by atoms with Crippen LogP contribution in [0.4, 0.5) is 13.2 Å². The second-order valence-corrected chi connectivity index (χ2v) is 5.09. The minimum absolute atomic E-state index is 0.232. The van der Waals surface area contributed by atoms with E-state index in [4.69, 9.17) is 4.74 Å². The molecule has 1 aromatic rings. The van der Waals surface area contributed by atoms with Crippen molar-refractivity contribution in [3.8, 4) is 0 Å². The maximum Gasteiger partial charge on any atom is 0.416 e. The van der Waals surface area contributed by atoms with E-state index in [-0.39, 0.29) is 17.3 Å². The molecule has 1 saturated carbocycles. The van der Waals surface area contributed by atoms with E-state index in [0.717, 1.165) is 17.7 Å². The Morgan fingerprint density at radius 3 is 2.35 bits per heavy atom. The Labute approximate surface area is 115 Å². The van der Waals surface area contributed by atoms with Crippen LogP contribution in [0.15, 0.2) is 24.3 Å². The average Bonchev–Trinajstić information content (AvgIpc) is 3.14. The normalized spacial score (nSPS) is 25.4. The van der Waals surface area contributed by atoms with E-state index in [0.29, 0.717) is 19.4 Å². The number of esters is 1. The molecule has 0 amide bonds. The largest absolute Gasteiger partial charge is 0.466 e. The first-order valence-corrected chi connectivity index (χ1v) is 6.69. The fourth-order valence-corrected chi connectivity index (χ4v) is 2.76. The van der Waals surface area contributed by atoms with Gasteiger partial charge in [0, 0.05) is 5.41 Å². The fourth-order valence-electron chi connectivity index (χ4n) is 2.76. The van der Waals surface area contributed by atoms with Crippen molar-refractivity contribution in [3.63, 3.8) is 0 Å². The van der Waals surface area contributed by atoms with Gasteiger partial charge in [-0.05, 0) is 37.5 Å². The molecular formula is C15H17F3O2. The number of alkyl halides is 3. The lowest BCUT2D eigenvalue weighted by molar-refractivity contribution is -0.145. The number of rotatable bonds is 4. The summed E-state index contributed by atoms with van der Waals surface area (Å²) in [6.07, 6.45) is -2.97. The minimum atomic E-state index is -4.33. The molecule has 1 aliphatic carbocycles. The Hall–Kier alpha value is -1.52. The summed E-state index contributed by atoms with van der Waals surface area (Å²) in [5, 5.41) is 0. The van der Waals surface area contributed by atoms with Gasteiger partial charge in [0.25, 0.3) is 0 Å². The molecule has 2 unspecified atom stereocenters. The summed E-state index contributed by atoms with van der Waals surface area (Å²) in [7, 11) is 0. The molecular weight excluding hydrogens is 269 g/mol. The molecule has 0 N–H and O–H groups in total. The molecule has 1 fully saturated rings. The lowest BCUT2D eigenvalue weighted by Gasteiger charge is -2.16. The zero-order chi connectivity index (χ0) is 15.0. The Morgan fingerprint density at radius 1 is 1.30 bits per heavy atom. The van der Waals surface area contributed by atoms with E-state index in [1.54, 1.807) is 6.92 Å². The van der Waals surface area contributed by atoms with Gasteiger partial charge in [0.05, 0.1) is 18.1 Å². The molecule has 110 valence electrons. The standard InChI is InChI=1S/C15H17F3O2/c1-3-14(9-12(14)13(19)20-4-2)10-5-7-11(8-6-10)15(16,17)18/h5-8,12H,3-4,9H2,1-2H3. The Bertz CT molecular complexity index is 493. The number of ether oxygens (including phenoxy) is 1. The van der Waals surface area contributed by atoms with Gasteiger partial charge in [-0.15, -0.1) is 0 Å². The van der Waals surface area contributed by atoms with Crippen molar-refractivity contribution in [1.82, 2.24) is 0 Å². The first-order valence-electron chi connectivity index (χ1n) is 6.69. The van der Waals surface area contributed by atoms with Crippen molar-refractivity contribution in [3.05, 3.63) is 35.4 Å². The molecule has 0 heterocycles. The van der Waals surface area contributed by atoms with Crippen LogP contribution in [0.25, 0.3) is 0 Å². The summed E-state index contributed by atoms with van der Waals surface area (Å²) in [4.78, 5) is 11.8. The van der Waals surface area contributed by atoms with Crippen molar-refractivity contribution in [1.29, 1.82) is 0 Å². The topological polar surface area (TPSA) is 26.3 Å². The highest BCUT2D eigenvalue weighted by molar-refractivity contribution is 5.79. The van der Waals surface area contributed by atoms with Crippen molar-refractivity contribution < 1.29 is 22.7 Å². The molecule has 0 saturated heterocycles. The summed E-state index contributed by atoms with van der Waals surface area (Å²) in [6, 6.07) is 5.11. The highest BCUT2D eigenvalue weighted by Gasteiger charge is 2.58. The molecule has 0 radical (unpaired) electrons. The predicted octanol–water partition coefficient (Wildman–Crippen LogP) is 3.94. The van der Waals surface area contributed by atoms with Gasteiger partial charge >= 0.3 is 12.1 Å². The van der Waals surface area contributed by atoms with Crippen LogP contribution in [0.1, 0.15) is 37.8 Å². The zero-order valence-electron chi connectivity index (χ0n) is 11.5. The molecule has 0 spiro atoms. The molecule has 20 heavy (non-hydrogen) atoms. The SMILES string of the molecule is CCOC(=O)C1CC1(CC)c1ccc(C(F)(F)F)cc1. The molecule has 2 atom stereocenters. The lowest BCUT2D eigenvalue weighted by Crippen LogP contribution is -2.17. The quantitative estimate of drug-likeness (QED) is 0.784. The summed E-state index contributed by atoms with van der Waals surface area (Å²) in [5.74, 6) is -0.488. The monoisotopic (exact) mass is 286 g/mol.